The fourth-order valence-electron chi connectivity index (χ4n) is 3.60. The van der Waals surface area contributed by atoms with Crippen LogP contribution in [0.5, 0.6) is 5.75 Å². The van der Waals surface area contributed by atoms with E-state index in [4.69, 9.17) is 4.74 Å². The molecule has 1 aromatic carbocycles. The Morgan fingerprint density at radius 3 is 2.36 bits per heavy atom. The van der Waals surface area contributed by atoms with E-state index >= 15 is 0 Å². The van der Waals surface area contributed by atoms with Crippen molar-refractivity contribution in [1.82, 2.24) is 5.32 Å². The van der Waals surface area contributed by atoms with Crippen molar-refractivity contribution < 1.29 is 9.53 Å². The van der Waals surface area contributed by atoms with Gasteiger partial charge in [-0.3, -0.25) is 4.79 Å². The quantitative estimate of drug-likeness (QED) is 0.840. The molecule has 3 nitrogen and oxygen atoms in total. The topological polar surface area (TPSA) is 38.3 Å². The van der Waals surface area contributed by atoms with Gasteiger partial charge in [0.2, 0.25) is 0 Å². The lowest BCUT2D eigenvalue weighted by Crippen LogP contribution is -2.31. The normalized spacial score (nSPS) is 20.7. The maximum atomic E-state index is 12.4. The van der Waals surface area contributed by atoms with E-state index in [1.165, 1.54) is 32.1 Å². The molecule has 0 aromatic heterocycles. The summed E-state index contributed by atoms with van der Waals surface area (Å²) in [6.45, 7) is 2.74. The third-order valence-electron chi connectivity index (χ3n) is 5.06. The third-order valence-corrected chi connectivity index (χ3v) is 5.06. The summed E-state index contributed by atoms with van der Waals surface area (Å²) >= 11 is 0. The molecule has 1 heterocycles. The van der Waals surface area contributed by atoms with Crippen molar-refractivity contribution in [3.63, 3.8) is 0 Å². The van der Waals surface area contributed by atoms with Gasteiger partial charge < -0.3 is 10.1 Å². The van der Waals surface area contributed by atoms with Crippen LogP contribution >= 0.6 is 0 Å². The van der Waals surface area contributed by atoms with E-state index < -0.39 is 0 Å². The second kappa shape index (κ2) is 7.77. The first-order chi connectivity index (χ1) is 10.8. The molecule has 0 bridgehead atoms. The van der Waals surface area contributed by atoms with Gasteiger partial charge in [0.05, 0.1) is 6.61 Å². The number of hydrogen-bond acceptors (Lipinski definition) is 3. The molecule has 1 saturated carbocycles. The summed E-state index contributed by atoms with van der Waals surface area (Å²) in [6.07, 6.45) is 8.58. The van der Waals surface area contributed by atoms with Crippen molar-refractivity contribution in [2.24, 2.45) is 11.8 Å². The SMILES string of the molecule is O=C(c1ccc(OCC2CCCCC2)cc1)C1CCNCC1. The Balaban J connectivity index is 1.51. The van der Waals surface area contributed by atoms with Crippen LogP contribution < -0.4 is 10.1 Å². The summed E-state index contributed by atoms with van der Waals surface area (Å²) in [7, 11) is 0. The van der Waals surface area contributed by atoms with Crippen LogP contribution in [0.2, 0.25) is 0 Å². The van der Waals surface area contributed by atoms with Crippen LogP contribution in [0, 0.1) is 11.8 Å². The third kappa shape index (κ3) is 4.10. The summed E-state index contributed by atoms with van der Waals surface area (Å²) in [5, 5.41) is 3.31. The van der Waals surface area contributed by atoms with Crippen molar-refractivity contribution in [2.75, 3.05) is 19.7 Å². The first kappa shape index (κ1) is 15.5. The molecule has 2 fully saturated rings. The monoisotopic (exact) mass is 301 g/mol. The van der Waals surface area contributed by atoms with E-state index in [0.29, 0.717) is 11.7 Å². The first-order valence-corrected chi connectivity index (χ1v) is 8.81. The Morgan fingerprint density at radius 1 is 1.00 bits per heavy atom. The van der Waals surface area contributed by atoms with Crippen molar-refractivity contribution >= 4 is 5.78 Å². The number of Topliss-reactive ketones (excluding diaryl/α,β-unsaturated/α-hetero) is 1. The summed E-state index contributed by atoms with van der Waals surface area (Å²) in [5.74, 6) is 2.09. The van der Waals surface area contributed by atoms with Crippen LogP contribution in [-0.2, 0) is 0 Å². The molecule has 3 rings (SSSR count). The summed E-state index contributed by atoms with van der Waals surface area (Å²) in [5.41, 5.74) is 0.830. The molecular formula is C19H27NO2. The van der Waals surface area contributed by atoms with Gasteiger partial charge in [0.15, 0.2) is 5.78 Å². The van der Waals surface area contributed by atoms with Crippen molar-refractivity contribution in [3.8, 4) is 5.75 Å². The Bertz CT molecular complexity index is 471. The Kier molecular flexibility index (Phi) is 5.49. The summed E-state index contributed by atoms with van der Waals surface area (Å²) < 4.78 is 5.90. The number of piperidine rings is 1. The number of hydrogen-bond donors (Lipinski definition) is 1. The zero-order valence-corrected chi connectivity index (χ0v) is 13.4. The second-order valence-corrected chi connectivity index (χ2v) is 6.73. The molecule has 1 aliphatic heterocycles. The molecule has 22 heavy (non-hydrogen) atoms. The molecule has 0 spiro atoms. The molecule has 0 atom stereocenters. The highest BCUT2D eigenvalue weighted by atomic mass is 16.5. The van der Waals surface area contributed by atoms with Gasteiger partial charge in [-0.05, 0) is 69.0 Å². The molecule has 2 aliphatic rings. The predicted molar refractivity (Wildman–Crippen MR) is 88.4 cm³/mol. The van der Waals surface area contributed by atoms with Crippen LogP contribution in [0.15, 0.2) is 24.3 Å². The number of benzene rings is 1. The zero-order valence-electron chi connectivity index (χ0n) is 13.4. The number of rotatable bonds is 5. The lowest BCUT2D eigenvalue weighted by molar-refractivity contribution is 0.0895. The van der Waals surface area contributed by atoms with E-state index in [0.717, 1.165) is 43.9 Å². The van der Waals surface area contributed by atoms with E-state index in [-0.39, 0.29) is 5.92 Å². The number of nitrogens with one attached hydrogen (secondary N) is 1. The van der Waals surface area contributed by atoms with E-state index in [1.54, 1.807) is 0 Å². The Labute approximate surface area is 133 Å². The Hall–Kier alpha value is -1.35. The number of carbonyl (C=O) groups excluding carboxylic acids is 1. The number of carbonyl (C=O) groups is 1. The molecule has 1 aromatic rings. The lowest BCUT2D eigenvalue weighted by atomic mass is 9.89. The number of ether oxygens (including phenoxy) is 1. The number of ketones is 1. The highest BCUT2D eigenvalue weighted by Gasteiger charge is 2.22. The predicted octanol–water partition coefficient (Wildman–Crippen LogP) is 3.83. The van der Waals surface area contributed by atoms with Crippen molar-refractivity contribution in [1.29, 1.82) is 0 Å². The molecule has 1 N–H and O–H groups in total. The van der Waals surface area contributed by atoms with E-state index in [2.05, 4.69) is 5.32 Å². The zero-order chi connectivity index (χ0) is 15.2. The molecule has 3 heteroatoms. The molecule has 1 aliphatic carbocycles. The van der Waals surface area contributed by atoms with Gasteiger partial charge in [-0.25, -0.2) is 0 Å². The lowest BCUT2D eigenvalue weighted by Gasteiger charge is -2.22. The average molecular weight is 301 g/mol. The van der Waals surface area contributed by atoms with Gasteiger partial charge in [0.1, 0.15) is 5.75 Å². The van der Waals surface area contributed by atoms with Gasteiger partial charge >= 0.3 is 0 Å². The van der Waals surface area contributed by atoms with Gasteiger partial charge in [-0.2, -0.15) is 0 Å². The summed E-state index contributed by atoms with van der Waals surface area (Å²) in [4.78, 5) is 12.4. The standard InChI is InChI=1S/C19H27NO2/c21-19(17-10-12-20-13-11-17)16-6-8-18(9-7-16)22-14-15-4-2-1-3-5-15/h6-9,15,17,20H,1-5,10-14H2. The first-order valence-electron chi connectivity index (χ1n) is 8.81. The molecule has 0 amide bonds. The molecule has 0 radical (unpaired) electrons. The minimum atomic E-state index is 0.190. The highest BCUT2D eigenvalue weighted by Crippen LogP contribution is 2.25. The van der Waals surface area contributed by atoms with Gasteiger partial charge in [0, 0.05) is 11.5 Å². The molecule has 120 valence electrons. The van der Waals surface area contributed by atoms with Crippen LogP contribution in [-0.4, -0.2) is 25.5 Å². The second-order valence-electron chi connectivity index (χ2n) is 6.73. The maximum Gasteiger partial charge on any atom is 0.166 e. The van der Waals surface area contributed by atoms with Crippen LogP contribution in [0.4, 0.5) is 0 Å². The van der Waals surface area contributed by atoms with Gasteiger partial charge in [0.25, 0.3) is 0 Å². The van der Waals surface area contributed by atoms with Crippen LogP contribution in [0.1, 0.15) is 55.3 Å². The minimum Gasteiger partial charge on any atom is -0.493 e. The average Bonchev–Trinajstić information content (AvgIpc) is 2.61. The van der Waals surface area contributed by atoms with Crippen molar-refractivity contribution in [3.05, 3.63) is 29.8 Å². The minimum absolute atomic E-state index is 0.190. The maximum absolute atomic E-state index is 12.4. The molecular weight excluding hydrogens is 274 g/mol. The fourth-order valence-corrected chi connectivity index (χ4v) is 3.60. The van der Waals surface area contributed by atoms with Crippen LogP contribution in [0.3, 0.4) is 0 Å². The van der Waals surface area contributed by atoms with Crippen molar-refractivity contribution in [2.45, 2.75) is 44.9 Å². The smallest absolute Gasteiger partial charge is 0.166 e. The van der Waals surface area contributed by atoms with Gasteiger partial charge in [-0.1, -0.05) is 19.3 Å². The molecule has 1 saturated heterocycles. The van der Waals surface area contributed by atoms with E-state index in [1.807, 2.05) is 24.3 Å². The van der Waals surface area contributed by atoms with Crippen LogP contribution in [0.25, 0.3) is 0 Å². The van der Waals surface area contributed by atoms with Gasteiger partial charge in [-0.15, -0.1) is 0 Å². The Morgan fingerprint density at radius 2 is 1.68 bits per heavy atom. The highest BCUT2D eigenvalue weighted by molar-refractivity contribution is 5.98. The molecule has 0 unspecified atom stereocenters. The summed E-state index contributed by atoms with van der Waals surface area (Å²) in [6, 6.07) is 7.77. The fraction of sp³-hybridized carbons (Fsp3) is 0.632. The largest absolute Gasteiger partial charge is 0.493 e. The van der Waals surface area contributed by atoms with E-state index in [9.17, 15) is 4.79 Å².